The van der Waals surface area contributed by atoms with Gasteiger partial charge in [0, 0.05) is 13.0 Å². The Hall–Kier alpha value is -0.610. The standard InChI is InChI=1S/C42H84O4/c1-3-5-7-9-11-13-15-17-19-20-21-22-23-24-26-28-30-32-34-36-38-45-40-41(39-43)46-42(44)37-35-33-31-29-27-25-18-16-14-12-10-8-6-4-2/h41,43H,3-40H2,1-2H3. The van der Waals surface area contributed by atoms with Gasteiger partial charge in [-0.2, -0.15) is 0 Å². The van der Waals surface area contributed by atoms with Crippen LogP contribution in [-0.2, 0) is 14.3 Å². The van der Waals surface area contributed by atoms with Crippen LogP contribution < -0.4 is 0 Å². The summed E-state index contributed by atoms with van der Waals surface area (Å²) in [4.78, 5) is 12.2. The van der Waals surface area contributed by atoms with Crippen molar-refractivity contribution in [2.45, 2.75) is 245 Å². The van der Waals surface area contributed by atoms with Crippen molar-refractivity contribution in [2.75, 3.05) is 19.8 Å². The Bertz CT molecular complexity index is 566. The second-order valence-corrected chi connectivity index (χ2v) is 14.4. The van der Waals surface area contributed by atoms with E-state index in [4.69, 9.17) is 9.47 Å². The van der Waals surface area contributed by atoms with Crippen molar-refractivity contribution in [3.8, 4) is 0 Å². The highest BCUT2D eigenvalue weighted by atomic mass is 16.6. The molecular formula is C42H84O4. The van der Waals surface area contributed by atoms with Crippen LogP contribution in [0, 0.1) is 0 Å². The molecule has 0 aliphatic carbocycles. The van der Waals surface area contributed by atoms with Gasteiger partial charge in [0.2, 0.25) is 0 Å². The topological polar surface area (TPSA) is 55.8 Å². The molecule has 0 aromatic rings. The highest BCUT2D eigenvalue weighted by Gasteiger charge is 2.13. The molecule has 46 heavy (non-hydrogen) atoms. The van der Waals surface area contributed by atoms with Crippen LogP contribution >= 0.6 is 0 Å². The van der Waals surface area contributed by atoms with Gasteiger partial charge >= 0.3 is 5.97 Å². The minimum Gasteiger partial charge on any atom is -0.457 e. The normalized spacial score (nSPS) is 12.2. The van der Waals surface area contributed by atoms with E-state index in [0.29, 0.717) is 19.6 Å². The third-order valence-corrected chi connectivity index (χ3v) is 9.68. The first-order chi connectivity index (χ1) is 22.7. The Morgan fingerprint density at radius 3 is 1.02 bits per heavy atom. The van der Waals surface area contributed by atoms with Crippen molar-refractivity contribution in [3.05, 3.63) is 0 Å². The number of esters is 1. The van der Waals surface area contributed by atoms with Gasteiger partial charge in [0.1, 0.15) is 6.10 Å². The average molecular weight is 653 g/mol. The second-order valence-electron chi connectivity index (χ2n) is 14.4. The van der Waals surface area contributed by atoms with E-state index >= 15 is 0 Å². The van der Waals surface area contributed by atoms with Crippen molar-refractivity contribution in [3.63, 3.8) is 0 Å². The van der Waals surface area contributed by atoms with Gasteiger partial charge in [-0.05, 0) is 12.8 Å². The number of unbranched alkanes of at least 4 members (excludes halogenated alkanes) is 32. The number of carbonyl (C=O) groups is 1. The van der Waals surface area contributed by atoms with Gasteiger partial charge < -0.3 is 14.6 Å². The summed E-state index contributed by atoms with van der Waals surface area (Å²) in [5.74, 6) is -0.194. The molecule has 0 spiro atoms. The molecule has 0 aliphatic rings. The van der Waals surface area contributed by atoms with Crippen molar-refractivity contribution in [1.29, 1.82) is 0 Å². The zero-order valence-electron chi connectivity index (χ0n) is 31.6. The lowest BCUT2D eigenvalue weighted by molar-refractivity contribution is -0.154. The van der Waals surface area contributed by atoms with Gasteiger partial charge in [0.15, 0.2) is 0 Å². The average Bonchev–Trinajstić information content (AvgIpc) is 3.06. The van der Waals surface area contributed by atoms with Crippen molar-refractivity contribution >= 4 is 5.97 Å². The summed E-state index contributed by atoms with van der Waals surface area (Å²) in [7, 11) is 0. The maximum atomic E-state index is 12.2. The van der Waals surface area contributed by atoms with Crippen molar-refractivity contribution < 1.29 is 19.4 Å². The lowest BCUT2D eigenvalue weighted by Crippen LogP contribution is -2.27. The summed E-state index contributed by atoms with van der Waals surface area (Å²) in [6, 6.07) is 0. The van der Waals surface area contributed by atoms with Crippen molar-refractivity contribution in [2.24, 2.45) is 0 Å². The molecule has 0 saturated carbocycles. The van der Waals surface area contributed by atoms with Crippen LogP contribution in [0.3, 0.4) is 0 Å². The SMILES string of the molecule is CCCCCCCCCCCCCCCCCCCCCCOCC(CO)OC(=O)CCCCCCCCCCCCCCCC. The van der Waals surface area contributed by atoms with Crippen LogP contribution in [0.2, 0.25) is 0 Å². The maximum Gasteiger partial charge on any atom is 0.306 e. The molecule has 0 radical (unpaired) electrons. The zero-order chi connectivity index (χ0) is 33.4. The molecule has 0 aliphatic heterocycles. The Kier molecular flexibility index (Phi) is 40.0. The maximum absolute atomic E-state index is 12.2. The molecule has 276 valence electrons. The van der Waals surface area contributed by atoms with E-state index in [1.54, 1.807) is 0 Å². The fraction of sp³-hybridized carbons (Fsp3) is 0.976. The summed E-state index contributed by atoms with van der Waals surface area (Å²) in [5.41, 5.74) is 0. The minimum atomic E-state index is -0.524. The molecule has 1 N–H and O–H groups in total. The highest BCUT2D eigenvalue weighted by molar-refractivity contribution is 5.69. The molecule has 0 rings (SSSR count). The molecule has 4 heteroatoms. The molecular weight excluding hydrogens is 568 g/mol. The van der Waals surface area contributed by atoms with Crippen LogP contribution in [0.25, 0.3) is 0 Å². The Morgan fingerprint density at radius 1 is 0.435 bits per heavy atom. The van der Waals surface area contributed by atoms with E-state index in [0.717, 1.165) is 19.3 Å². The fourth-order valence-electron chi connectivity index (χ4n) is 6.51. The van der Waals surface area contributed by atoms with Crippen molar-refractivity contribution in [1.82, 2.24) is 0 Å². The lowest BCUT2D eigenvalue weighted by Gasteiger charge is -2.16. The number of aliphatic hydroxyl groups is 1. The van der Waals surface area contributed by atoms with E-state index in [2.05, 4.69) is 13.8 Å². The predicted molar refractivity (Wildman–Crippen MR) is 201 cm³/mol. The Balaban J connectivity index is 3.34. The summed E-state index contributed by atoms with van der Waals surface area (Å²) in [6.45, 7) is 5.40. The first-order valence-corrected chi connectivity index (χ1v) is 21.1. The second kappa shape index (κ2) is 40.6. The van der Waals surface area contributed by atoms with Crippen LogP contribution in [-0.4, -0.2) is 37.0 Å². The monoisotopic (exact) mass is 653 g/mol. The number of hydrogen-bond acceptors (Lipinski definition) is 4. The Morgan fingerprint density at radius 2 is 0.717 bits per heavy atom. The molecule has 0 amide bonds. The van der Waals surface area contributed by atoms with Crippen LogP contribution in [0.4, 0.5) is 0 Å². The first kappa shape index (κ1) is 45.4. The van der Waals surface area contributed by atoms with E-state index in [1.165, 1.54) is 199 Å². The summed E-state index contributed by atoms with van der Waals surface area (Å²) >= 11 is 0. The minimum absolute atomic E-state index is 0.163. The summed E-state index contributed by atoms with van der Waals surface area (Å²) < 4.78 is 11.2. The van der Waals surface area contributed by atoms with Gasteiger partial charge in [-0.15, -0.1) is 0 Å². The number of aliphatic hydroxyl groups excluding tert-OH is 1. The van der Waals surface area contributed by atoms with Crippen LogP contribution in [0.5, 0.6) is 0 Å². The Labute approximate surface area is 289 Å². The molecule has 0 aromatic heterocycles. The molecule has 1 atom stereocenters. The van der Waals surface area contributed by atoms with E-state index in [1.807, 2.05) is 0 Å². The number of carbonyl (C=O) groups excluding carboxylic acids is 1. The largest absolute Gasteiger partial charge is 0.457 e. The lowest BCUT2D eigenvalue weighted by atomic mass is 10.0. The van der Waals surface area contributed by atoms with Gasteiger partial charge in [-0.25, -0.2) is 0 Å². The van der Waals surface area contributed by atoms with Gasteiger partial charge in [-0.1, -0.05) is 219 Å². The van der Waals surface area contributed by atoms with E-state index in [-0.39, 0.29) is 12.6 Å². The molecule has 1 unspecified atom stereocenters. The van der Waals surface area contributed by atoms with Crippen LogP contribution in [0.1, 0.15) is 239 Å². The summed E-state index contributed by atoms with van der Waals surface area (Å²) in [5, 5.41) is 9.58. The summed E-state index contributed by atoms with van der Waals surface area (Å²) in [6.07, 6.45) is 45.9. The molecule has 0 fully saturated rings. The van der Waals surface area contributed by atoms with Gasteiger partial charge in [0.25, 0.3) is 0 Å². The van der Waals surface area contributed by atoms with E-state index in [9.17, 15) is 9.90 Å². The number of hydrogen-bond donors (Lipinski definition) is 1. The fourth-order valence-corrected chi connectivity index (χ4v) is 6.51. The number of rotatable bonds is 40. The third kappa shape index (κ3) is 37.8. The quantitative estimate of drug-likeness (QED) is 0.0528. The third-order valence-electron chi connectivity index (χ3n) is 9.68. The smallest absolute Gasteiger partial charge is 0.306 e. The molecule has 0 heterocycles. The predicted octanol–water partition coefficient (Wildman–Crippen LogP) is 13.6. The van der Waals surface area contributed by atoms with Crippen LogP contribution in [0.15, 0.2) is 0 Å². The molecule has 0 saturated heterocycles. The zero-order valence-corrected chi connectivity index (χ0v) is 31.6. The first-order valence-electron chi connectivity index (χ1n) is 21.1. The molecule has 0 bridgehead atoms. The number of ether oxygens (including phenoxy) is 2. The molecule has 0 aromatic carbocycles. The molecule has 4 nitrogen and oxygen atoms in total. The highest BCUT2D eigenvalue weighted by Crippen LogP contribution is 2.16. The van der Waals surface area contributed by atoms with Gasteiger partial charge in [0.05, 0.1) is 13.2 Å². The van der Waals surface area contributed by atoms with E-state index < -0.39 is 6.10 Å². The van der Waals surface area contributed by atoms with Gasteiger partial charge in [-0.3, -0.25) is 4.79 Å².